The molecule has 0 aliphatic heterocycles. The molecule has 0 bridgehead atoms. The minimum atomic E-state index is 0.516. The Morgan fingerprint density at radius 3 is 2.09 bits per heavy atom. The first-order valence-electron chi connectivity index (χ1n) is 4.91. The molecular formula is C11H22. The molecule has 0 heterocycles. The molecule has 66 valence electrons. The number of rotatable bonds is 2. The molecule has 1 fully saturated rings. The quantitative estimate of drug-likeness (QED) is 0.568. The Bertz CT molecular complexity index is 129. The van der Waals surface area contributed by atoms with Gasteiger partial charge in [-0.1, -0.05) is 34.6 Å². The zero-order valence-corrected chi connectivity index (χ0v) is 8.65. The van der Waals surface area contributed by atoms with Gasteiger partial charge in [0, 0.05) is 0 Å². The Labute approximate surface area is 71.4 Å². The summed E-state index contributed by atoms with van der Waals surface area (Å²) < 4.78 is 0. The highest BCUT2D eigenvalue weighted by Gasteiger charge is 2.35. The van der Waals surface area contributed by atoms with Crippen LogP contribution in [0.1, 0.15) is 47.5 Å². The summed E-state index contributed by atoms with van der Waals surface area (Å²) in [6.45, 7) is 11.8. The van der Waals surface area contributed by atoms with Crippen molar-refractivity contribution in [3.05, 3.63) is 0 Å². The fourth-order valence-electron chi connectivity index (χ4n) is 1.54. The Hall–Kier alpha value is 0. The number of hydrogen-bond donors (Lipinski definition) is 0. The molecule has 11 heavy (non-hydrogen) atoms. The third-order valence-corrected chi connectivity index (χ3v) is 3.41. The lowest BCUT2D eigenvalue weighted by molar-refractivity contribution is 0.235. The van der Waals surface area contributed by atoms with Crippen molar-refractivity contribution in [1.29, 1.82) is 0 Å². The van der Waals surface area contributed by atoms with Crippen molar-refractivity contribution in [2.45, 2.75) is 47.5 Å². The Morgan fingerprint density at radius 1 is 1.36 bits per heavy atom. The van der Waals surface area contributed by atoms with Gasteiger partial charge in [0.25, 0.3) is 0 Å². The summed E-state index contributed by atoms with van der Waals surface area (Å²) in [5, 5.41) is 0. The maximum absolute atomic E-state index is 2.39. The van der Waals surface area contributed by atoms with E-state index in [1.54, 1.807) is 0 Å². The third-order valence-electron chi connectivity index (χ3n) is 3.41. The van der Waals surface area contributed by atoms with E-state index < -0.39 is 0 Å². The average molecular weight is 154 g/mol. The van der Waals surface area contributed by atoms with E-state index in [0.717, 1.165) is 17.8 Å². The maximum Gasteiger partial charge on any atom is -0.0357 e. The van der Waals surface area contributed by atoms with Crippen LogP contribution < -0.4 is 0 Å². The Balaban J connectivity index is 2.26. The van der Waals surface area contributed by atoms with Gasteiger partial charge in [0.05, 0.1) is 0 Å². The van der Waals surface area contributed by atoms with E-state index >= 15 is 0 Å². The van der Waals surface area contributed by atoms with Crippen molar-refractivity contribution < 1.29 is 0 Å². The highest BCUT2D eigenvalue weighted by atomic mass is 14.4. The minimum Gasteiger partial charge on any atom is -0.0622 e. The lowest BCUT2D eigenvalue weighted by Gasteiger charge is -2.27. The van der Waals surface area contributed by atoms with E-state index in [1.165, 1.54) is 12.8 Å². The fourth-order valence-corrected chi connectivity index (χ4v) is 1.54. The summed E-state index contributed by atoms with van der Waals surface area (Å²) in [5.41, 5.74) is 0.516. The molecule has 0 amide bonds. The highest BCUT2D eigenvalue weighted by Crippen LogP contribution is 2.45. The topological polar surface area (TPSA) is 0 Å². The summed E-state index contributed by atoms with van der Waals surface area (Å²) in [7, 11) is 0. The first kappa shape index (κ1) is 9.09. The standard InChI is InChI=1S/C11H22/c1-8-6-10(8)7-9(2)11(3,4)5/h8-10H,6-7H2,1-5H3. The predicted molar refractivity (Wildman–Crippen MR) is 50.5 cm³/mol. The monoisotopic (exact) mass is 154 g/mol. The highest BCUT2D eigenvalue weighted by molar-refractivity contribution is 4.86. The van der Waals surface area contributed by atoms with Crippen LogP contribution >= 0.6 is 0 Å². The summed E-state index contributed by atoms with van der Waals surface area (Å²) in [6.07, 6.45) is 2.94. The lowest BCUT2D eigenvalue weighted by atomic mass is 9.79. The van der Waals surface area contributed by atoms with Crippen molar-refractivity contribution in [2.75, 3.05) is 0 Å². The smallest absolute Gasteiger partial charge is 0.0357 e. The molecule has 3 unspecified atom stereocenters. The van der Waals surface area contributed by atoms with Gasteiger partial charge in [-0.25, -0.2) is 0 Å². The molecule has 1 saturated carbocycles. The van der Waals surface area contributed by atoms with Crippen molar-refractivity contribution in [1.82, 2.24) is 0 Å². The van der Waals surface area contributed by atoms with Crippen molar-refractivity contribution in [2.24, 2.45) is 23.2 Å². The van der Waals surface area contributed by atoms with Crippen molar-refractivity contribution >= 4 is 0 Å². The van der Waals surface area contributed by atoms with Gasteiger partial charge >= 0.3 is 0 Å². The lowest BCUT2D eigenvalue weighted by Crippen LogP contribution is -2.17. The normalized spacial score (nSPS) is 33.5. The molecule has 0 spiro atoms. The van der Waals surface area contributed by atoms with Gasteiger partial charge in [-0.3, -0.25) is 0 Å². The van der Waals surface area contributed by atoms with Crippen LogP contribution in [0.25, 0.3) is 0 Å². The van der Waals surface area contributed by atoms with Gasteiger partial charge in [0.15, 0.2) is 0 Å². The Morgan fingerprint density at radius 2 is 1.82 bits per heavy atom. The van der Waals surface area contributed by atoms with Gasteiger partial charge < -0.3 is 0 Å². The van der Waals surface area contributed by atoms with Gasteiger partial charge in [-0.05, 0) is 36.0 Å². The average Bonchev–Trinajstić information content (AvgIpc) is 2.44. The van der Waals surface area contributed by atoms with E-state index in [2.05, 4.69) is 34.6 Å². The van der Waals surface area contributed by atoms with Crippen LogP contribution in [0.2, 0.25) is 0 Å². The Kier molecular flexibility index (Phi) is 2.32. The van der Waals surface area contributed by atoms with E-state index in [1.807, 2.05) is 0 Å². The minimum absolute atomic E-state index is 0.516. The third kappa shape index (κ3) is 2.50. The maximum atomic E-state index is 2.39. The van der Waals surface area contributed by atoms with Crippen LogP contribution in [-0.2, 0) is 0 Å². The van der Waals surface area contributed by atoms with Crippen molar-refractivity contribution in [3.63, 3.8) is 0 Å². The second-order valence-corrected chi connectivity index (χ2v) is 5.48. The first-order valence-corrected chi connectivity index (χ1v) is 4.91. The molecule has 3 atom stereocenters. The van der Waals surface area contributed by atoms with Crippen molar-refractivity contribution in [3.8, 4) is 0 Å². The molecule has 0 radical (unpaired) electrons. The molecule has 0 heteroatoms. The van der Waals surface area contributed by atoms with Crippen LogP contribution in [0.15, 0.2) is 0 Å². The second-order valence-electron chi connectivity index (χ2n) is 5.48. The molecule has 0 saturated heterocycles. The second kappa shape index (κ2) is 2.80. The fraction of sp³-hybridized carbons (Fsp3) is 1.00. The van der Waals surface area contributed by atoms with Crippen LogP contribution in [0.5, 0.6) is 0 Å². The van der Waals surface area contributed by atoms with Gasteiger partial charge in [-0.15, -0.1) is 0 Å². The van der Waals surface area contributed by atoms with Gasteiger partial charge in [-0.2, -0.15) is 0 Å². The zero-order valence-electron chi connectivity index (χ0n) is 8.65. The molecule has 0 aromatic carbocycles. The van der Waals surface area contributed by atoms with E-state index in [0.29, 0.717) is 5.41 Å². The molecule has 1 aliphatic rings. The van der Waals surface area contributed by atoms with Crippen LogP contribution in [0.4, 0.5) is 0 Å². The molecule has 0 nitrogen and oxygen atoms in total. The van der Waals surface area contributed by atoms with Crippen LogP contribution in [0, 0.1) is 23.2 Å². The van der Waals surface area contributed by atoms with E-state index in [9.17, 15) is 0 Å². The molecule has 1 rings (SSSR count). The molecule has 0 aromatic rings. The van der Waals surface area contributed by atoms with Gasteiger partial charge in [0.2, 0.25) is 0 Å². The van der Waals surface area contributed by atoms with Crippen LogP contribution in [-0.4, -0.2) is 0 Å². The molecule has 0 N–H and O–H groups in total. The van der Waals surface area contributed by atoms with E-state index in [-0.39, 0.29) is 0 Å². The summed E-state index contributed by atoms with van der Waals surface area (Å²) in [4.78, 5) is 0. The SMILES string of the molecule is CC1CC1CC(C)C(C)(C)C. The molecule has 1 aliphatic carbocycles. The molecule has 0 aromatic heterocycles. The van der Waals surface area contributed by atoms with Crippen LogP contribution in [0.3, 0.4) is 0 Å². The largest absolute Gasteiger partial charge is 0.0622 e. The molecular weight excluding hydrogens is 132 g/mol. The predicted octanol–water partition coefficient (Wildman–Crippen LogP) is 3.71. The number of hydrogen-bond acceptors (Lipinski definition) is 0. The summed E-state index contributed by atoms with van der Waals surface area (Å²) in [5.74, 6) is 2.97. The zero-order chi connectivity index (χ0) is 8.65. The summed E-state index contributed by atoms with van der Waals surface area (Å²) in [6, 6.07) is 0. The van der Waals surface area contributed by atoms with E-state index in [4.69, 9.17) is 0 Å². The summed E-state index contributed by atoms with van der Waals surface area (Å²) >= 11 is 0. The van der Waals surface area contributed by atoms with Gasteiger partial charge in [0.1, 0.15) is 0 Å². The first-order chi connectivity index (χ1) is 4.91.